The molecule has 1 unspecified atom stereocenters. The lowest BCUT2D eigenvalue weighted by Crippen LogP contribution is -2.26. The van der Waals surface area contributed by atoms with Gasteiger partial charge in [-0.2, -0.15) is 0 Å². The molecular weight excluding hydrogens is 450 g/mol. The molecule has 0 radical (unpaired) electrons. The maximum absolute atomic E-state index is 11.6. The van der Waals surface area contributed by atoms with Gasteiger partial charge in [-0.25, -0.2) is 4.79 Å². The normalized spacial score (nSPS) is 12.0. The molecule has 0 heterocycles. The molecular formula is C11H10Br3NO4. The first-order valence-electron chi connectivity index (χ1n) is 5.10. The monoisotopic (exact) mass is 457 g/mol. The molecule has 104 valence electrons. The number of amides is 1. The molecule has 8 heteroatoms. The van der Waals surface area contributed by atoms with Crippen LogP contribution in [0.3, 0.4) is 0 Å². The summed E-state index contributed by atoms with van der Waals surface area (Å²) in [5.74, 6) is -1.55. The zero-order chi connectivity index (χ0) is 14.6. The van der Waals surface area contributed by atoms with Crippen LogP contribution in [0.2, 0.25) is 0 Å². The topological polar surface area (TPSA) is 75.6 Å². The molecule has 2 N–H and O–H groups in total. The molecule has 1 aromatic rings. The third-order valence-electron chi connectivity index (χ3n) is 2.08. The summed E-state index contributed by atoms with van der Waals surface area (Å²) in [5.41, 5.74) is 0.555. The van der Waals surface area contributed by atoms with Crippen LogP contribution in [-0.4, -0.2) is 29.7 Å². The van der Waals surface area contributed by atoms with E-state index in [-0.39, 0.29) is 6.61 Å². The molecule has 0 spiro atoms. The molecule has 0 fully saturated rings. The smallest absolute Gasteiger partial charge is 0.332 e. The van der Waals surface area contributed by atoms with Gasteiger partial charge in [-0.15, -0.1) is 0 Å². The van der Waals surface area contributed by atoms with Gasteiger partial charge in [0.1, 0.15) is 6.61 Å². The van der Waals surface area contributed by atoms with Crippen molar-refractivity contribution in [3.8, 4) is 0 Å². The highest BCUT2D eigenvalue weighted by Crippen LogP contribution is 2.34. The average Bonchev–Trinajstić information content (AvgIpc) is 2.30. The number of carboxylic acids is 1. The molecule has 0 aliphatic carbocycles. The SMILES string of the molecule is CC(OCC(=O)Nc1c(Br)cc(Br)cc1Br)C(=O)O. The number of anilines is 1. The number of carbonyl (C=O) groups excluding carboxylic acids is 1. The van der Waals surface area contributed by atoms with Gasteiger partial charge < -0.3 is 15.2 Å². The van der Waals surface area contributed by atoms with Gasteiger partial charge in [0.05, 0.1) is 5.69 Å². The first-order valence-corrected chi connectivity index (χ1v) is 7.48. The highest BCUT2D eigenvalue weighted by molar-refractivity contribution is 9.11. The van der Waals surface area contributed by atoms with E-state index < -0.39 is 18.0 Å². The Morgan fingerprint density at radius 1 is 1.32 bits per heavy atom. The zero-order valence-corrected chi connectivity index (χ0v) is 14.5. The van der Waals surface area contributed by atoms with Crippen molar-refractivity contribution < 1.29 is 19.4 Å². The van der Waals surface area contributed by atoms with E-state index in [1.54, 1.807) is 12.1 Å². The van der Waals surface area contributed by atoms with E-state index in [0.717, 1.165) is 4.47 Å². The van der Waals surface area contributed by atoms with Crippen LogP contribution in [0.5, 0.6) is 0 Å². The predicted octanol–water partition coefficient (Wildman–Crippen LogP) is 3.40. The summed E-state index contributed by atoms with van der Waals surface area (Å²) in [5, 5.41) is 11.3. The third-order valence-corrected chi connectivity index (χ3v) is 3.79. The molecule has 1 rings (SSSR count). The number of nitrogens with one attached hydrogen (secondary N) is 1. The van der Waals surface area contributed by atoms with Crippen LogP contribution in [0.25, 0.3) is 0 Å². The van der Waals surface area contributed by atoms with E-state index in [4.69, 9.17) is 9.84 Å². The Hall–Kier alpha value is -0.440. The summed E-state index contributed by atoms with van der Waals surface area (Å²) < 4.78 is 7.11. The quantitative estimate of drug-likeness (QED) is 0.707. The van der Waals surface area contributed by atoms with Crippen LogP contribution in [0, 0.1) is 0 Å². The van der Waals surface area contributed by atoms with Crippen LogP contribution in [-0.2, 0) is 14.3 Å². The van der Waals surface area contributed by atoms with E-state index in [2.05, 4.69) is 53.1 Å². The first-order chi connectivity index (χ1) is 8.81. The maximum Gasteiger partial charge on any atom is 0.332 e. The molecule has 5 nitrogen and oxygen atoms in total. The summed E-state index contributed by atoms with van der Waals surface area (Å²) in [6, 6.07) is 3.56. The van der Waals surface area contributed by atoms with Gasteiger partial charge in [-0.05, 0) is 50.9 Å². The van der Waals surface area contributed by atoms with Crippen LogP contribution in [0.15, 0.2) is 25.6 Å². The van der Waals surface area contributed by atoms with Gasteiger partial charge in [-0.1, -0.05) is 15.9 Å². The van der Waals surface area contributed by atoms with Crippen molar-refractivity contribution in [1.82, 2.24) is 0 Å². The second-order valence-electron chi connectivity index (χ2n) is 3.58. The minimum Gasteiger partial charge on any atom is -0.479 e. The van der Waals surface area contributed by atoms with Crippen LogP contribution < -0.4 is 5.32 Å². The number of ether oxygens (including phenoxy) is 1. The molecule has 0 aliphatic heterocycles. The van der Waals surface area contributed by atoms with Gasteiger partial charge >= 0.3 is 5.97 Å². The minimum atomic E-state index is -1.11. The first kappa shape index (κ1) is 16.6. The van der Waals surface area contributed by atoms with Gasteiger partial charge in [0.25, 0.3) is 0 Å². The third kappa shape index (κ3) is 5.21. The molecule has 1 amide bonds. The standard InChI is InChI=1S/C11H10Br3NO4/c1-5(11(17)18)19-4-9(16)15-10-7(13)2-6(12)3-8(10)14/h2-3,5H,4H2,1H3,(H,15,16)(H,17,18). The van der Waals surface area contributed by atoms with Crippen molar-refractivity contribution >= 4 is 65.4 Å². The summed E-state index contributed by atoms with van der Waals surface area (Å²) in [4.78, 5) is 22.2. The fraction of sp³-hybridized carbons (Fsp3) is 0.273. The summed E-state index contributed by atoms with van der Waals surface area (Å²) in [6.07, 6.45) is -1.03. The van der Waals surface area contributed by atoms with Gasteiger partial charge in [0.2, 0.25) is 5.91 Å². The fourth-order valence-electron chi connectivity index (χ4n) is 1.11. The van der Waals surface area contributed by atoms with E-state index in [1.807, 2.05) is 0 Å². The summed E-state index contributed by atoms with van der Waals surface area (Å²) in [7, 11) is 0. The number of benzene rings is 1. The number of aliphatic carboxylic acids is 1. The average molecular weight is 460 g/mol. The number of carboxylic acid groups (broad SMARTS) is 1. The highest BCUT2D eigenvalue weighted by Gasteiger charge is 2.15. The van der Waals surface area contributed by atoms with E-state index in [9.17, 15) is 9.59 Å². The second-order valence-corrected chi connectivity index (χ2v) is 6.21. The lowest BCUT2D eigenvalue weighted by molar-refractivity contribution is -0.150. The van der Waals surface area contributed by atoms with Gasteiger partial charge in [-0.3, -0.25) is 4.79 Å². The number of rotatable bonds is 5. The Bertz CT molecular complexity index is 484. The maximum atomic E-state index is 11.6. The molecule has 19 heavy (non-hydrogen) atoms. The Morgan fingerprint density at radius 3 is 2.32 bits per heavy atom. The Kier molecular flexibility index (Phi) is 6.45. The van der Waals surface area contributed by atoms with Crippen molar-refractivity contribution in [3.63, 3.8) is 0 Å². The Morgan fingerprint density at radius 2 is 1.84 bits per heavy atom. The molecule has 0 bridgehead atoms. The zero-order valence-electron chi connectivity index (χ0n) is 9.75. The predicted molar refractivity (Wildman–Crippen MR) is 81.2 cm³/mol. The van der Waals surface area contributed by atoms with Gasteiger partial charge in [0.15, 0.2) is 6.10 Å². The second kappa shape index (κ2) is 7.37. The van der Waals surface area contributed by atoms with Crippen molar-refractivity contribution in [3.05, 3.63) is 25.6 Å². The number of hydrogen-bond acceptors (Lipinski definition) is 3. The Balaban J connectivity index is 2.65. The fourth-order valence-corrected chi connectivity index (χ4v) is 3.57. The van der Waals surface area contributed by atoms with Crippen LogP contribution in [0.1, 0.15) is 6.92 Å². The van der Waals surface area contributed by atoms with Gasteiger partial charge in [0, 0.05) is 13.4 Å². The Labute approximate surface area is 135 Å². The van der Waals surface area contributed by atoms with E-state index in [0.29, 0.717) is 14.6 Å². The molecule has 0 aliphatic rings. The van der Waals surface area contributed by atoms with E-state index in [1.165, 1.54) is 6.92 Å². The lowest BCUT2D eigenvalue weighted by Gasteiger charge is -2.12. The van der Waals surface area contributed by atoms with Crippen LogP contribution >= 0.6 is 47.8 Å². The van der Waals surface area contributed by atoms with Crippen molar-refractivity contribution in [2.45, 2.75) is 13.0 Å². The number of halogens is 3. The molecule has 0 saturated carbocycles. The minimum absolute atomic E-state index is 0.331. The lowest BCUT2D eigenvalue weighted by atomic mass is 10.3. The largest absolute Gasteiger partial charge is 0.479 e. The van der Waals surface area contributed by atoms with Crippen molar-refractivity contribution in [2.75, 3.05) is 11.9 Å². The summed E-state index contributed by atoms with van der Waals surface area (Å²) in [6.45, 7) is 1.03. The number of hydrogen-bond donors (Lipinski definition) is 2. The molecule has 0 saturated heterocycles. The molecule has 1 atom stereocenters. The van der Waals surface area contributed by atoms with Crippen molar-refractivity contribution in [2.24, 2.45) is 0 Å². The summed E-state index contributed by atoms with van der Waals surface area (Å²) >= 11 is 9.96. The van der Waals surface area contributed by atoms with E-state index >= 15 is 0 Å². The molecule has 1 aromatic carbocycles. The van der Waals surface area contributed by atoms with Crippen LogP contribution in [0.4, 0.5) is 5.69 Å². The number of carbonyl (C=O) groups is 2. The highest BCUT2D eigenvalue weighted by atomic mass is 79.9. The molecule has 0 aromatic heterocycles. The van der Waals surface area contributed by atoms with Crippen molar-refractivity contribution in [1.29, 1.82) is 0 Å².